The van der Waals surface area contributed by atoms with Gasteiger partial charge in [-0.1, -0.05) is 12.1 Å². The first-order chi connectivity index (χ1) is 8.68. The van der Waals surface area contributed by atoms with Crippen molar-refractivity contribution in [3.8, 4) is 5.69 Å². The first kappa shape index (κ1) is 10.7. The standard InChI is InChI=1S/C14H13N3O/c1-16-12-4-2-3-5-13(12)17(14(16)18)11-8-6-10(15)7-9-11/h2-9H,15H2,1H3. The first-order valence-electron chi connectivity index (χ1n) is 5.71. The highest BCUT2D eigenvalue weighted by molar-refractivity contribution is 5.78. The number of imidazole rings is 1. The molecule has 90 valence electrons. The molecule has 3 aromatic rings. The summed E-state index contributed by atoms with van der Waals surface area (Å²) in [4.78, 5) is 12.3. The number of para-hydroxylation sites is 2. The molecule has 1 heterocycles. The zero-order chi connectivity index (χ0) is 12.7. The summed E-state index contributed by atoms with van der Waals surface area (Å²) in [5.74, 6) is 0. The topological polar surface area (TPSA) is 53.0 Å². The summed E-state index contributed by atoms with van der Waals surface area (Å²) in [5, 5.41) is 0. The normalized spacial score (nSPS) is 10.9. The smallest absolute Gasteiger partial charge is 0.333 e. The number of hydrogen-bond acceptors (Lipinski definition) is 2. The van der Waals surface area contributed by atoms with Crippen LogP contribution in [0.25, 0.3) is 16.7 Å². The van der Waals surface area contributed by atoms with E-state index >= 15 is 0 Å². The molecule has 0 aliphatic rings. The van der Waals surface area contributed by atoms with Crippen molar-refractivity contribution >= 4 is 16.7 Å². The summed E-state index contributed by atoms with van der Waals surface area (Å²) >= 11 is 0. The molecule has 18 heavy (non-hydrogen) atoms. The molecule has 0 atom stereocenters. The van der Waals surface area contributed by atoms with Gasteiger partial charge < -0.3 is 5.73 Å². The van der Waals surface area contributed by atoms with Crippen LogP contribution < -0.4 is 11.4 Å². The predicted octanol–water partition coefficient (Wildman–Crippen LogP) is 1.91. The molecular formula is C14H13N3O. The Balaban J connectivity index is 2.39. The zero-order valence-corrected chi connectivity index (χ0v) is 10.00. The number of aryl methyl sites for hydroxylation is 1. The van der Waals surface area contributed by atoms with Crippen molar-refractivity contribution in [2.45, 2.75) is 0 Å². The van der Waals surface area contributed by atoms with Crippen LogP contribution in [-0.2, 0) is 7.05 Å². The Hall–Kier alpha value is -2.49. The molecule has 0 aliphatic heterocycles. The second-order valence-electron chi connectivity index (χ2n) is 4.26. The van der Waals surface area contributed by atoms with Crippen LogP contribution in [0.2, 0.25) is 0 Å². The molecule has 0 bridgehead atoms. The quantitative estimate of drug-likeness (QED) is 0.659. The van der Waals surface area contributed by atoms with Crippen molar-refractivity contribution in [3.05, 3.63) is 59.0 Å². The van der Waals surface area contributed by atoms with Gasteiger partial charge >= 0.3 is 5.69 Å². The van der Waals surface area contributed by atoms with Crippen LogP contribution in [0.1, 0.15) is 0 Å². The van der Waals surface area contributed by atoms with E-state index < -0.39 is 0 Å². The van der Waals surface area contributed by atoms with E-state index in [1.807, 2.05) is 36.4 Å². The van der Waals surface area contributed by atoms with Crippen LogP contribution in [0, 0.1) is 0 Å². The third kappa shape index (κ3) is 1.43. The van der Waals surface area contributed by atoms with E-state index in [4.69, 9.17) is 5.73 Å². The zero-order valence-electron chi connectivity index (χ0n) is 10.00. The minimum Gasteiger partial charge on any atom is -0.399 e. The van der Waals surface area contributed by atoms with Gasteiger partial charge in [-0.3, -0.25) is 9.13 Å². The molecule has 0 unspecified atom stereocenters. The van der Waals surface area contributed by atoms with Gasteiger partial charge in [-0.2, -0.15) is 0 Å². The summed E-state index contributed by atoms with van der Waals surface area (Å²) in [6.07, 6.45) is 0. The van der Waals surface area contributed by atoms with Gasteiger partial charge in [0, 0.05) is 12.7 Å². The van der Waals surface area contributed by atoms with Crippen LogP contribution in [0.4, 0.5) is 5.69 Å². The van der Waals surface area contributed by atoms with Gasteiger partial charge in [0.05, 0.1) is 16.7 Å². The first-order valence-corrected chi connectivity index (χ1v) is 5.71. The molecule has 4 heteroatoms. The Morgan fingerprint density at radius 3 is 2.22 bits per heavy atom. The van der Waals surface area contributed by atoms with Crippen LogP contribution in [0.3, 0.4) is 0 Å². The van der Waals surface area contributed by atoms with Crippen molar-refractivity contribution in [2.75, 3.05) is 5.73 Å². The maximum Gasteiger partial charge on any atom is 0.333 e. The maximum absolute atomic E-state index is 12.3. The number of hydrogen-bond donors (Lipinski definition) is 1. The number of aromatic nitrogens is 2. The Kier molecular flexibility index (Phi) is 2.23. The fraction of sp³-hybridized carbons (Fsp3) is 0.0714. The largest absolute Gasteiger partial charge is 0.399 e. The minimum absolute atomic E-state index is 0.0547. The summed E-state index contributed by atoms with van der Waals surface area (Å²) < 4.78 is 3.33. The van der Waals surface area contributed by atoms with Gasteiger partial charge in [0.15, 0.2) is 0 Å². The molecule has 4 nitrogen and oxygen atoms in total. The van der Waals surface area contributed by atoms with Gasteiger partial charge in [0.2, 0.25) is 0 Å². The number of rotatable bonds is 1. The lowest BCUT2D eigenvalue weighted by atomic mass is 10.2. The highest BCUT2D eigenvalue weighted by Crippen LogP contribution is 2.17. The Bertz CT molecular complexity index is 766. The van der Waals surface area contributed by atoms with Crippen molar-refractivity contribution in [1.82, 2.24) is 9.13 Å². The Morgan fingerprint density at radius 1 is 0.944 bits per heavy atom. The molecule has 1 aromatic heterocycles. The average Bonchev–Trinajstić information content (AvgIpc) is 2.64. The fourth-order valence-corrected chi connectivity index (χ4v) is 2.17. The van der Waals surface area contributed by atoms with E-state index in [0.29, 0.717) is 5.69 Å². The molecule has 0 spiro atoms. The highest BCUT2D eigenvalue weighted by Gasteiger charge is 2.10. The van der Waals surface area contributed by atoms with Crippen LogP contribution >= 0.6 is 0 Å². The lowest BCUT2D eigenvalue weighted by Crippen LogP contribution is -2.20. The number of nitrogens with zero attached hydrogens (tertiary/aromatic N) is 2. The fourth-order valence-electron chi connectivity index (χ4n) is 2.17. The summed E-state index contributed by atoms with van der Waals surface area (Å²) in [6.45, 7) is 0. The summed E-state index contributed by atoms with van der Waals surface area (Å²) in [5.41, 5.74) is 8.94. The second kappa shape index (κ2) is 3.77. The van der Waals surface area contributed by atoms with Crippen molar-refractivity contribution in [3.63, 3.8) is 0 Å². The van der Waals surface area contributed by atoms with E-state index in [9.17, 15) is 4.79 Å². The van der Waals surface area contributed by atoms with E-state index in [0.717, 1.165) is 16.7 Å². The number of nitrogens with two attached hydrogens (primary N) is 1. The molecular weight excluding hydrogens is 226 g/mol. The summed E-state index contributed by atoms with van der Waals surface area (Å²) in [6, 6.07) is 15.0. The van der Waals surface area contributed by atoms with E-state index in [1.165, 1.54) is 0 Å². The number of benzene rings is 2. The highest BCUT2D eigenvalue weighted by atomic mass is 16.1. The van der Waals surface area contributed by atoms with Crippen LogP contribution in [-0.4, -0.2) is 9.13 Å². The molecule has 0 amide bonds. The van der Waals surface area contributed by atoms with Gasteiger partial charge in [-0.15, -0.1) is 0 Å². The molecule has 0 saturated carbocycles. The van der Waals surface area contributed by atoms with E-state index in [2.05, 4.69) is 0 Å². The van der Waals surface area contributed by atoms with Gasteiger partial charge in [0.1, 0.15) is 0 Å². The average molecular weight is 239 g/mol. The van der Waals surface area contributed by atoms with Crippen molar-refractivity contribution < 1.29 is 0 Å². The number of fused-ring (bicyclic) bond motifs is 1. The monoisotopic (exact) mass is 239 g/mol. The van der Waals surface area contributed by atoms with Gasteiger partial charge in [-0.25, -0.2) is 4.79 Å². The van der Waals surface area contributed by atoms with Gasteiger partial charge in [-0.05, 0) is 36.4 Å². The van der Waals surface area contributed by atoms with Gasteiger partial charge in [0.25, 0.3) is 0 Å². The lowest BCUT2D eigenvalue weighted by molar-refractivity contribution is 0.846. The molecule has 3 rings (SSSR count). The maximum atomic E-state index is 12.3. The predicted molar refractivity (Wildman–Crippen MR) is 72.9 cm³/mol. The van der Waals surface area contributed by atoms with E-state index in [1.54, 1.807) is 28.3 Å². The Morgan fingerprint density at radius 2 is 1.56 bits per heavy atom. The molecule has 0 fully saturated rings. The molecule has 2 aromatic carbocycles. The lowest BCUT2D eigenvalue weighted by Gasteiger charge is -2.03. The van der Waals surface area contributed by atoms with E-state index in [-0.39, 0.29) is 5.69 Å². The molecule has 0 radical (unpaired) electrons. The third-order valence-corrected chi connectivity index (χ3v) is 3.11. The van der Waals surface area contributed by atoms with Crippen molar-refractivity contribution in [2.24, 2.45) is 7.05 Å². The van der Waals surface area contributed by atoms with Crippen molar-refractivity contribution in [1.29, 1.82) is 0 Å². The van der Waals surface area contributed by atoms with Crippen LogP contribution in [0.5, 0.6) is 0 Å². The van der Waals surface area contributed by atoms with Crippen LogP contribution in [0.15, 0.2) is 53.3 Å². The molecule has 0 aliphatic carbocycles. The second-order valence-corrected chi connectivity index (χ2v) is 4.26. The number of anilines is 1. The number of nitrogen functional groups attached to an aromatic ring is 1. The third-order valence-electron chi connectivity index (χ3n) is 3.11. The molecule has 0 saturated heterocycles. The SMILES string of the molecule is Cn1c(=O)n(-c2ccc(N)cc2)c2ccccc21. The summed E-state index contributed by atoms with van der Waals surface area (Å²) in [7, 11) is 1.78. The Labute approximate surface area is 104 Å². The minimum atomic E-state index is -0.0547. The molecule has 2 N–H and O–H groups in total.